The molecular weight excluding hydrogens is 1260 g/mol. The molecular formula is C77H150O17P2. The highest BCUT2D eigenvalue weighted by Crippen LogP contribution is 2.45. The van der Waals surface area contributed by atoms with Crippen molar-refractivity contribution in [3.05, 3.63) is 0 Å². The van der Waals surface area contributed by atoms with Crippen LogP contribution in [0.3, 0.4) is 0 Å². The molecule has 3 unspecified atom stereocenters. The van der Waals surface area contributed by atoms with Crippen molar-refractivity contribution >= 4 is 39.5 Å². The lowest BCUT2D eigenvalue weighted by molar-refractivity contribution is -0.161. The molecule has 0 aromatic rings. The molecule has 3 N–H and O–H groups in total. The van der Waals surface area contributed by atoms with Gasteiger partial charge in [-0.25, -0.2) is 9.13 Å². The molecule has 19 heteroatoms. The van der Waals surface area contributed by atoms with E-state index in [0.717, 1.165) is 102 Å². The fourth-order valence-electron chi connectivity index (χ4n) is 11.8. The van der Waals surface area contributed by atoms with Crippen molar-refractivity contribution in [3.8, 4) is 0 Å². The lowest BCUT2D eigenvalue weighted by Crippen LogP contribution is -2.30. The van der Waals surface area contributed by atoms with Crippen molar-refractivity contribution < 1.29 is 80.2 Å². The Morgan fingerprint density at radius 3 is 0.792 bits per heavy atom. The van der Waals surface area contributed by atoms with E-state index in [9.17, 15) is 43.2 Å². The fraction of sp³-hybridized carbons (Fsp3) is 0.948. The SMILES string of the molecule is CCCCCCCCCCCCCCC(=O)OC[C@H](COP(=O)(O)OC[C@@H](O)COP(=O)(O)OC[C@@H](COC(=O)CCCCCCCCCCCCC)OC(=O)CCCCCCCCCCC(C)C)OC(=O)CCCCCCCCCCCCCCCCCCCCC(C)CC. The van der Waals surface area contributed by atoms with Crippen LogP contribution in [0.25, 0.3) is 0 Å². The van der Waals surface area contributed by atoms with Crippen LogP contribution in [-0.2, 0) is 65.4 Å². The van der Waals surface area contributed by atoms with E-state index in [4.69, 9.17) is 37.0 Å². The Morgan fingerprint density at radius 1 is 0.302 bits per heavy atom. The first kappa shape index (κ1) is 94.1. The zero-order valence-corrected chi connectivity index (χ0v) is 64.5. The number of hydrogen-bond acceptors (Lipinski definition) is 15. The van der Waals surface area contributed by atoms with Gasteiger partial charge in [-0.05, 0) is 37.5 Å². The number of aliphatic hydroxyl groups excluding tert-OH is 1. The summed E-state index contributed by atoms with van der Waals surface area (Å²) >= 11 is 0. The number of carbonyl (C=O) groups is 4. The van der Waals surface area contributed by atoms with Gasteiger partial charge in [0, 0.05) is 25.7 Å². The summed E-state index contributed by atoms with van der Waals surface area (Å²) in [6, 6.07) is 0. The maximum absolute atomic E-state index is 13.1. The van der Waals surface area contributed by atoms with Crippen molar-refractivity contribution in [2.24, 2.45) is 11.8 Å². The molecule has 6 atom stereocenters. The number of carbonyl (C=O) groups excluding carboxylic acids is 4. The molecule has 570 valence electrons. The molecule has 0 aliphatic rings. The summed E-state index contributed by atoms with van der Waals surface area (Å²) < 4.78 is 68.5. The number of rotatable bonds is 76. The summed E-state index contributed by atoms with van der Waals surface area (Å²) in [5.74, 6) is -0.526. The molecule has 0 radical (unpaired) electrons. The minimum absolute atomic E-state index is 0.105. The maximum atomic E-state index is 13.1. The first-order valence-corrected chi connectivity index (χ1v) is 43.0. The second-order valence-corrected chi connectivity index (χ2v) is 31.4. The number of unbranched alkanes of at least 4 members (excludes halogenated alkanes) is 45. The van der Waals surface area contributed by atoms with Gasteiger partial charge in [0.2, 0.25) is 0 Å². The third-order valence-electron chi connectivity index (χ3n) is 18.3. The lowest BCUT2D eigenvalue weighted by atomic mass is 9.99. The molecule has 96 heavy (non-hydrogen) atoms. The molecule has 0 spiro atoms. The number of phosphoric acid groups is 2. The predicted molar refractivity (Wildman–Crippen MR) is 391 cm³/mol. The number of hydrogen-bond donors (Lipinski definition) is 3. The van der Waals surface area contributed by atoms with Crippen LogP contribution >= 0.6 is 15.6 Å². The third kappa shape index (κ3) is 69.2. The molecule has 0 saturated carbocycles. The summed E-state index contributed by atoms with van der Waals surface area (Å²) in [6.07, 6.45) is 56.9. The molecule has 0 bridgehead atoms. The Labute approximate surface area is 588 Å². The molecule has 0 aromatic heterocycles. The molecule has 0 amide bonds. The molecule has 17 nitrogen and oxygen atoms in total. The third-order valence-corrected chi connectivity index (χ3v) is 20.2. The highest BCUT2D eigenvalue weighted by atomic mass is 31.2. The standard InChI is InChI=1S/C77H150O17P2/c1-7-10-12-14-16-18-20-31-35-42-48-54-60-75(80)88-65-72(93-76(81)61-55-49-43-36-32-28-26-24-22-21-23-25-27-30-33-40-46-52-58-70(6)9-3)67-91-95(83,84)89-63-71(78)64-90-96(85,86)92-68-73(94-77(82)62-56-50-44-38-37-39-45-51-57-69(4)5)66-87-74(79)59-53-47-41-34-29-19-17-15-13-11-8-2/h69-73,78H,7-68H2,1-6H3,(H,83,84)(H,85,86)/t70?,71-,72-,73-/m1/s1. The second kappa shape index (κ2) is 68.8. The quantitative estimate of drug-likeness (QED) is 0.0222. The Morgan fingerprint density at radius 2 is 0.531 bits per heavy atom. The summed E-state index contributed by atoms with van der Waals surface area (Å²) in [5.41, 5.74) is 0. The first-order valence-electron chi connectivity index (χ1n) is 40.0. The predicted octanol–water partition coefficient (Wildman–Crippen LogP) is 22.7. The minimum atomic E-state index is -4.96. The van der Waals surface area contributed by atoms with Gasteiger partial charge < -0.3 is 33.8 Å². The normalized spacial score (nSPS) is 14.3. The fourth-order valence-corrected chi connectivity index (χ4v) is 13.4. The van der Waals surface area contributed by atoms with Crippen LogP contribution in [-0.4, -0.2) is 96.7 Å². The molecule has 0 rings (SSSR count). The molecule has 0 aliphatic carbocycles. The zero-order valence-electron chi connectivity index (χ0n) is 62.7. The van der Waals surface area contributed by atoms with Gasteiger partial charge >= 0.3 is 39.5 Å². The van der Waals surface area contributed by atoms with Crippen LogP contribution in [0.1, 0.15) is 401 Å². The largest absolute Gasteiger partial charge is 0.472 e. The Balaban J connectivity index is 5.18. The molecule has 0 aromatic carbocycles. The van der Waals surface area contributed by atoms with Crippen molar-refractivity contribution in [1.82, 2.24) is 0 Å². The zero-order chi connectivity index (χ0) is 70.7. The highest BCUT2D eigenvalue weighted by molar-refractivity contribution is 7.47. The first-order chi connectivity index (χ1) is 46.4. The number of esters is 4. The van der Waals surface area contributed by atoms with Gasteiger partial charge in [0.05, 0.1) is 26.4 Å². The Bertz CT molecular complexity index is 1860. The number of phosphoric ester groups is 2. The van der Waals surface area contributed by atoms with Gasteiger partial charge in [-0.15, -0.1) is 0 Å². The van der Waals surface area contributed by atoms with Gasteiger partial charge in [0.1, 0.15) is 19.3 Å². The molecule has 0 heterocycles. The summed E-state index contributed by atoms with van der Waals surface area (Å²) in [7, 11) is -9.91. The van der Waals surface area contributed by atoms with Crippen LogP contribution in [0.5, 0.6) is 0 Å². The summed E-state index contributed by atoms with van der Waals surface area (Å²) in [4.78, 5) is 72.8. The number of aliphatic hydroxyl groups is 1. The molecule has 0 saturated heterocycles. The average Bonchev–Trinajstić information content (AvgIpc) is 1.14. The van der Waals surface area contributed by atoms with E-state index in [1.165, 1.54) is 218 Å². The van der Waals surface area contributed by atoms with Crippen molar-refractivity contribution in [2.75, 3.05) is 39.6 Å². The minimum Gasteiger partial charge on any atom is -0.462 e. The summed E-state index contributed by atoms with van der Waals surface area (Å²) in [6.45, 7) is 9.62. The second-order valence-electron chi connectivity index (χ2n) is 28.5. The summed E-state index contributed by atoms with van der Waals surface area (Å²) in [5, 5.41) is 10.6. The van der Waals surface area contributed by atoms with Gasteiger partial charge in [-0.3, -0.25) is 37.3 Å². The van der Waals surface area contributed by atoms with E-state index in [-0.39, 0.29) is 25.7 Å². The Hall–Kier alpha value is -1.94. The monoisotopic (exact) mass is 1410 g/mol. The van der Waals surface area contributed by atoms with E-state index < -0.39 is 97.5 Å². The van der Waals surface area contributed by atoms with E-state index in [1.54, 1.807) is 0 Å². The van der Waals surface area contributed by atoms with E-state index in [2.05, 4.69) is 41.5 Å². The van der Waals surface area contributed by atoms with Crippen LogP contribution in [0.15, 0.2) is 0 Å². The van der Waals surface area contributed by atoms with Gasteiger partial charge in [-0.2, -0.15) is 0 Å². The Kier molecular flexibility index (Phi) is 67.4. The van der Waals surface area contributed by atoms with E-state index >= 15 is 0 Å². The molecule has 0 aliphatic heterocycles. The van der Waals surface area contributed by atoms with Crippen molar-refractivity contribution in [3.63, 3.8) is 0 Å². The van der Waals surface area contributed by atoms with Crippen LogP contribution in [0.2, 0.25) is 0 Å². The van der Waals surface area contributed by atoms with E-state index in [1.807, 2.05) is 0 Å². The van der Waals surface area contributed by atoms with Crippen molar-refractivity contribution in [2.45, 2.75) is 419 Å². The average molecular weight is 1410 g/mol. The topological polar surface area (TPSA) is 237 Å². The smallest absolute Gasteiger partial charge is 0.462 e. The van der Waals surface area contributed by atoms with E-state index in [0.29, 0.717) is 25.7 Å². The van der Waals surface area contributed by atoms with Gasteiger partial charge in [0.25, 0.3) is 0 Å². The van der Waals surface area contributed by atoms with Crippen LogP contribution in [0.4, 0.5) is 0 Å². The van der Waals surface area contributed by atoms with Crippen LogP contribution in [0, 0.1) is 11.8 Å². The lowest BCUT2D eigenvalue weighted by Gasteiger charge is -2.21. The molecule has 0 fully saturated rings. The van der Waals surface area contributed by atoms with Gasteiger partial charge in [-0.1, -0.05) is 350 Å². The number of ether oxygens (including phenoxy) is 4. The highest BCUT2D eigenvalue weighted by Gasteiger charge is 2.30. The van der Waals surface area contributed by atoms with Gasteiger partial charge in [0.15, 0.2) is 12.2 Å². The maximum Gasteiger partial charge on any atom is 0.472 e. The van der Waals surface area contributed by atoms with Crippen LogP contribution < -0.4 is 0 Å². The van der Waals surface area contributed by atoms with Crippen molar-refractivity contribution in [1.29, 1.82) is 0 Å².